The average molecular weight is 1130 g/mol. The molecule has 0 aliphatic carbocycles. The molecule has 0 aromatic carbocycles. The third-order valence-electron chi connectivity index (χ3n) is 12.2. The molecular formula is C68H109O11P. The summed E-state index contributed by atoms with van der Waals surface area (Å²) in [7, 11) is -4.79. The van der Waals surface area contributed by atoms with Crippen molar-refractivity contribution in [1.29, 1.82) is 0 Å². The van der Waals surface area contributed by atoms with Crippen molar-refractivity contribution in [3.8, 4) is 0 Å². The molecule has 0 radical (unpaired) electrons. The summed E-state index contributed by atoms with van der Waals surface area (Å²) in [5.74, 6) is -1.63. The smallest absolute Gasteiger partial charge is 0.462 e. The predicted molar refractivity (Wildman–Crippen MR) is 334 cm³/mol. The number of unbranched alkanes of at least 4 members (excludes halogenated alkanes) is 14. The summed E-state index contributed by atoms with van der Waals surface area (Å²) in [6.07, 6.45) is 78.1. The molecule has 12 heteroatoms. The van der Waals surface area contributed by atoms with Crippen LogP contribution in [0.1, 0.15) is 226 Å². The van der Waals surface area contributed by atoms with E-state index in [1.165, 1.54) is 38.5 Å². The highest BCUT2D eigenvalue weighted by atomic mass is 31.2. The Hall–Kier alpha value is -4.64. The van der Waals surface area contributed by atoms with Gasteiger partial charge < -0.3 is 24.2 Å². The molecule has 0 saturated heterocycles. The minimum absolute atomic E-state index is 0.0850. The number of esters is 3. The van der Waals surface area contributed by atoms with Gasteiger partial charge in [0.2, 0.25) is 0 Å². The first-order valence-electron chi connectivity index (χ1n) is 30.7. The minimum atomic E-state index is -4.79. The number of phosphoric acid groups is 1. The molecule has 11 nitrogen and oxygen atoms in total. The summed E-state index contributed by atoms with van der Waals surface area (Å²) >= 11 is 0. The summed E-state index contributed by atoms with van der Waals surface area (Å²) in [5.41, 5.74) is 0. The van der Waals surface area contributed by atoms with Crippen molar-refractivity contribution in [1.82, 2.24) is 0 Å². The first-order valence-corrected chi connectivity index (χ1v) is 32.2. The molecule has 0 spiro atoms. The van der Waals surface area contributed by atoms with Crippen LogP contribution >= 0.6 is 7.82 Å². The minimum Gasteiger partial charge on any atom is -0.462 e. The van der Waals surface area contributed by atoms with Crippen molar-refractivity contribution in [2.75, 3.05) is 26.4 Å². The monoisotopic (exact) mass is 1130 g/mol. The fourth-order valence-corrected chi connectivity index (χ4v) is 8.42. The van der Waals surface area contributed by atoms with Gasteiger partial charge in [-0.25, -0.2) is 4.57 Å². The van der Waals surface area contributed by atoms with Crippen molar-refractivity contribution in [3.05, 3.63) is 146 Å². The lowest BCUT2D eigenvalue weighted by atomic mass is 10.1. The number of allylic oxidation sites excluding steroid dienone is 24. The number of phosphoric ester groups is 1. The Kier molecular flexibility index (Phi) is 56.9. The van der Waals surface area contributed by atoms with Crippen molar-refractivity contribution < 1.29 is 52.2 Å². The molecule has 0 saturated carbocycles. The van der Waals surface area contributed by atoms with Crippen LogP contribution in [0.5, 0.6) is 0 Å². The quantitative estimate of drug-likeness (QED) is 0.0197. The number of hydrogen-bond acceptors (Lipinski definition) is 10. The summed E-state index contributed by atoms with van der Waals surface area (Å²) in [5, 5.41) is 9.84. The van der Waals surface area contributed by atoms with Crippen LogP contribution in [-0.4, -0.2) is 66.5 Å². The van der Waals surface area contributed by atoms with Gasteiger partial charge in [-0.3, -0.25) is 23.4 Å². The molecular weight excluding hydrogens is 1020 g/mol. The van der Waals surface area contributed by atoms with E-state index in [1.807, 2.05) is 12.2 Å². The molecule has 0 aromatic rings. The van der Waals surface area contributed by atoms with Gasteiger partial charge in [-0.05, 0) is 128 Å². The van der Waals surface area contributed by atoms with E-state index in [-0.39, 0.29) is 19.3 Å². The standard InChI is InChI=1S/C68H109O11P/c1-4-7-10-13-16-19-22-25-28-30-32-34-37-39-42-45-48-51-54-57-66(70)75-61-65(79-68(72)59-56-53-50-47-44-41-38-35-33-31-29-26-23-20-17-14-11-8-5-2)63-77-80(73,74)76-62-64(60-69)78-67(71)58-55-52-49-46-43-40-36-27-24-21-18-15-12-9-6-3/h7-8,10-11,16-17,19-20,25-29,32-36,39,41-42,44,48,51,64-65,69H,4-6,9,12-15,18,21-24,30-31,37-38,40,43,45-47,49-50,52-63H2,1-3H3,(H,73,74)/b10-7-,11-8-,19-16-,20-17-,28-25-,29-26-,34-32-,35-33-,36-27-,42-39-,44-41-,51-48-. The summed E-state index contributed by atoms with van der Waals surface area (Å²) in [6, 6.07) is 0. The van der Waals surface area contributed by atoms with Crippen molar-refractivity contribution in [3.63, 3.8) is 0 Å². The second kappa shape index (κ2) is 60.5. The zero-order chi connectivity index (χ0) is 58.3. The highest BCUT2D eigenvalue weighted by Gasteiger charge is 2.28. The van der Waals surface area contributed by atoms with Crippen LogP contribution in [0.4, 0.5) is 0 Å². The third-order valence-corrected chi connectivity index (χ3v) is 13.2. The Morgan fingerprint density at radius 2 is 0.675 bits per heavy atom. The number of hydrogen-bond donors (Lipinski definition) is 2. The zero-order valence-corrected chi connectivity index (χ0v) is 50.9. The molecule has 3 unspecified atom stereocenters. The summed E-state index contributed by atoms with van der Waals surface area (Å²) in [4.78, 5) is 48.6. The maximum absolute atomic E-state index is 12.9. The Morgan fingerprint density at radius 1 is 0.362 bits per heavy atom. The zero-order valence-electron chi connectivity index (χ0n) is 50.0. The van der Waals surface area contributed by atoms with E-state index < -0.39 is 64.4 Å². The van der Waals surface area contributed by atoms with Crippen LogP contribution in [-0.2, 0) is 42.2 Å². The number of aliphatic hydroxyl groups excluding tert-OH is 1. The number of rotatable bonds is 55. The fourth-order valence-electron chi connectivity index (χ4n) is 7.64. The number of ether oxygens (including phenoxy) is 3. The highest BCUT2D eigenvalue weighted by Crippen LogP contribution is 2.43. The lowest BCUT2D eigenvalue weighted by molar-refractivity contribution is -0.161. The second-order valence-electron chi connectivity index (χ2n) is 19.7. The van der Waals surface area contributed by atoms with E-state index in [0.29, 0.717) is 19.3 Å². The van der Waals surface area contributed by atoms with E-state index in [9.17, 15) is 28.9 Å². The number of aliphatic hydroxyl groups is 1. The largest absolute Gasteiger partial charge is 0.472 e. The van der Waals surface area contributed by atoms with Crippen molar-refractivity contribution in [2.24, 2.45) is 0 Å². The van der Waals surface area contributed by atoms with Crippen LogP contribution in [0.25, 0.3) is 0 Å². The van der Waals surface area contributed by atoms with Crippen LogP contribution in [0.3, 0.4) is 0 Å². The van der Waals surface area contributed by atoms with Gasteiger partial charge in [-0.1, -0.05) is 224 Å². The van der Waals surface area contributed by atoms with Crippen molar-refractivity contribution in [2.45, 2.75) is 238 Å². The van der Waals surface area contributed by atoms with Crippen LogP contribution in [0.15, 0.2) is 146 Å². The molecule has 0 fully saturated rings. The van der Waals surface area contributed by atoms with Gasteiger partial charge >= 0.3 is 25.7 Å². The molecule has 452 valence electrons. The first kappa shape index (κ1) is 75.4. The molecule has 0 amide bonds. The SMILES string of the molecule is CC/C=C\C/C=C\C/C=C\C/C=C\C/C=C\C/C=C\CCC(=O)OCC(COP(=O)(O)OCC(CO)OC(=O)CCCCCCC/C=C\CCCCCCCC)OC(=O)CCCCC/C=C\C/C=C\C/C=C\C/C=C\C/C=C\CC. The van der Waals surface area contributed by atoms with Crippen LogP contribution in [0, 0.1) is 0 Å². The van der Waals surface area contributed by atoms with E-state index in [0.717, 1.165) is 128 Å². The van der Waals surface area contributed by atoms with E-state index in [1.54, 1.807) is 0 Å². The average Bonchev–Trinajstić information content (AvgIpc) is 3.45. The van der Waals surface area contributed by atoms with Crippen molar-refractivity contribution >= 4 is 25.7 Å². The van der Waals surface area contributed by atoms with Gasteiger partial charge in [0, 0.05) is 19.3 Å². The molecule has 0 rings (SSSR count). The highest BCUT2D eigenvalue weighted by molar-refractivity contribution is 7.47. The Labute approximate surface area is 486 Å². The number of carbonyl (C=O) groups is 3. The molecule has 80 heavy (non-hydrogen) atoms. The van der Waals surface area contributed by atoms with Gasteiger partial charge in [-0.15, -0.1) is 0 Å². The molecule has 0 bridgehead atoms. The second-order valence-corrected chi connectivity index (χ2v) is 21.2. The lowest BCUT2D eigenvalue weighted by Gasteiger charge is -2.21. The number of carbonyl (C=O) groups excluding carboxylic acids is 3. The lowest BCUT2D eigenvalue weighted by Crippen LogP contribution is -2.30. The van der Waals surface area contributed by atoms with Crippen LogP contribution < -0.4 is 0 Å². The third kappa shape index (κ3) is 58.0. The molecule has 0 heterocycles. The van der Waals surface area contributed by atoms with Gasteiger partial charge in [0.15, 0.2) is 6.10 Å². The maximum atomic E-state index is 12.9. The van der Waals surface area contributed by atoms with E-state index >= 15 is 0 Å². The molecule has 0 aromatic heterocycles. The normalized spacial score (nSPS) is 14.3. The Balaban J connectivity index is 4.91. The van der Waals surface area contributed by atoms with Gasteiger partial charge in [-0.2, -0.15) is 0 Å². The predicted octanol–water partition coefficient (Wildman–Crippen LogP) is 18.7. The summed E-state index contributed by atoms with van der Waals surface area (Å²) in [6.45, 7) is 4.27. The van der Waals surface area contributed by atoms with Gasteiger partial charge in [0.1, 0.15) is 12.7 Å². The van der Waals surface area contributed by atoms with Gasteiger partial charge in [0.25, 0.3) is 0 Å². The maximum Gasteiger partial charge on any atom is 0.472 e. The van der Waals surface area contributed by atoms with Gasteiger partial charge in [0.05, 0.1) is 19.8 Å². The first-order chi connectivity index (χ1) is 39.2. The van der Waals surface area contributed by atoms with Crippen LogP contribution in [0.2, 0.25) is 0 Å². The Morgan fingerprint density at radius 3 is 1.07 bits per heavy atom. The van der Waals surface area contributed by atoms with E-state index in [2.05, 4.69) is 154 Å². The molecule has 0 aliphatic rings. The topological polar surface area (TPSA) is 155 Å². The molecule has 3 atom stereocenters. The molecule has 2 N–H and O–H groups in total. The molecule has 0 aliphatic heterocycles. The fraction of sp³-hybridized carbons (Fsp3) is 0.603. The Bertz CT molecular complexity index is 1900. The summed E-state index contributed by atoms with van der Waals surface area (Å²) < 4.78 is 39.5. The van der Waals surface area contributed by atoms with E-state index in [4.69, 9.17) is 23.3 Å².